The molecule has 21 heavy (non-hydrogen) atoms. The smallest absolute Gasteiger partial charge is 0.224 e. The molecule has 0 saturated heterocycles. The van der Waals surface area contributed by atoms with Crippen molar-refractivity contribution < 1.29 is 4.74 Å². The van der Waals surface area contributed by atoms with E-state index in [9.17, 15) is 0 Å². The molecule has 1 aliphatic rings. The zero-order chi connectivity index (χ0) is 14.8. The average Bonchev–Trinajstić information content (AvgIpc) is 2.49. The molecule has 1 aliphatic carbocycles. The highest BCUT2D eigenvalue weighted by atomic mass is 79.9. The van der Waals surface area contributed by atoms with Crippen molar-refractivity contribution in [2.45, 2.75) is 32.2 Å². The lowest BCUT2D eigenvalue weighted by atomic mass is 9.95. The van der Waals surface area contributed by atoms with Gasteiger partial charge in [-0.05, 0) is 71.4 Å². The van der Waals surface area contributed by atoms with Crippen LogP contribution in [0, 0.1) is 0 Å². The Labute approximate surface area is 137 Å². The van der Waals surface area contributed by atoms with Crippen molar-refractivity contribution in [1.29, 1.82) is 0 Å². The minimum atomic E-state index is 0.417. The molecule has 1 aromatic carbocycles. The first kappa shape index (κ1) is 14.8. The molecule has 0 radical (unpaired) electrons. The van der Waals surface area contributed by atoms with Crippen LogP contribution in [0.2, 0.25) is 5.02 Å². The largest absolute Gasteiger partial charge is 0.437 e. The van der Waals surface area contributed by atoms with Crippen molar-refractivity contribution in [3.63, 3.8) is 0 Å². The predicted molar refractivity (Wildman–Crippen MR) is 88.0 cm³/mol. The highest BCUT2D eigenvalue weighted by Gasteiger charge is 2.16. The van der Waals surface area contributed by atoms with Gasteiger partial charge in [0.2, 0.25) is 5.88 Å². The van der Waals surface area contributed by atoms with Gasteiger partial charge in [0.25, 0.3) is 0 Å². The molecular formula is C16H16BrClN2O. The summed E-state index contributed by atoms with van der Waals surface area (Å²) in [6, 6.07) is 7.56. The Morgan fingerprint density at radius 3 is 2.81 bits per heavy atom. The monoisotopic (exact) mass is 366 g/mol. The first-order chi connectivity index (χ1) is 10.2. The molecule has 3 nitrogen and oxygen atoms in total. The molecule has 0 saturated carbocycles. The van der Waals surface area contributed by atoms with Crippen LogP contribution in [0.3, 0.4) is 0 Å². The Kier molecular flexibility index (Phi) is 4.48. The van der Waals surface area contributed by atoms with Gasteiger partial charge in [-0.3, -0.25) is 0 Å². The maximum atomic E-state index is 5.96. The third-order valence-corrected chi connectivity index (χ3v) is 4.52. The third-order valence-electron chi connectivity index (χ3n) is 3.66. The Morgan fingerprint density at radius 1 is 1.24 bits per heavy atom. The summed E-state index contributed by atoms with van der Waals surface area (Å²) in [5.74, 6) is 1.29. The summed E-state index contributed by atoms with van der Waals surface area (Å²) in [6.07, 6.45) is 4.51. The predicted octanol–water partition coefficient (Wildman–Crippen LogP) is 4.63. The number of ether oxygens (including phenoxy) is 1. The molecule has 0 atom stereocenters. The van der Waals surface area contributed by atoms with Gasteiger partial charge in [-0.25, -0.2) is 4.98 Å². The molecule has 0 fully saturated rings. The molecule has 5 heteroatoms. The van der Waals surface area contributed by atoms with Crippen LogP contribution < -0.4 is 10.5 Å². The van der Waals surface area contributed by atoms with Crippen molar-refractivity contribution in [2.24, 2.45) is 5.73 Å². The van der Waals surface area contributed by atoms with Crippen molar-refractivity contribution in [2.75, 3.05) is 0 Å². The number of hydrogen-bond acceptors (Lipinski definition) is 3. The van der Waals surface area contributed by atoms with Gasteiger partial charge >= 0.3 is 0 Å². The molecule has 1 heterocycles. The van der Waals surface area contributed by atoms with E-state index in [1.54, 1.807) is 12.1 Å². The van der Waals surface area contributed by atoms with Crippen LogP contribution in [-0.2, 0) is 19.4 Å². The van der Waals surface area contributed by atoms with Crippen LogP contribution in [-0.4, -0.2) is 4.98 Å². The molecule has 1 aromatic heterocycles. The topological polar surface area (TPSA) is 48.1 Å². The SMILES string of the molecule is NCc1cc2c(nc1Oc1ccc(Cl)cc1Br)CCCC2. The fraction of sp³-hybridized carbons (Fsp3) is 0.312. The van der Waals surface area contributed by atoms with Crippen LogP contribution in [0.15, 0.2) is 28.7 Å². The van der Waals surface area contributed by atoms with Crippen molar-refractivity contribution in [3.8, 4) is 11.6 Å². The second-order valence-corrected chi connectivity index (χ2v) is 6.44. The zero-order valence-corrected chi connectivity index (χ0v) is 13.9. The Hall–Kier alpha value is -1.10. The van der Waals surface area contributed by atoms with Gasteiger partial charge in [-0.1, -0.05) is 11.6 Å². The van der Waals surface area contributed by atoms with Gasteiger partial charge in [-0.15, -0.1) is 0 Å². The van der Waals surface area contributed by atoms with E-state index < -0.39 is 0 Å². The van der Waals surface area contributed by atoms with E-state index >= 15 is 0 Å². The first-order valence-corrected chi connectivity index (χ1v) is 8.19. The maximum absolute atomic E-state index is 5.96. The quantitative estimate of drug-likeness (QED) is 0.860. The minimum absolute atomic E-state index is 0.417. The van der Waals surface area contributed by atoms with Crippen LogP contribution in [0.1, 0.15) is 29.7 Å². The number of pyridine rings is 1. The van der Waals surface area contributed by atoms with Crippen LogP contribution in [0.25, 0.3) is 0 Å². The highest BCUT2D eigenvalue weighted by molar-refractivity contribution is 9.10. The fourth-order valence-electron chi connectivity index (χ4n) is 2.56. The summed E-state index contributed by atoms with van der Waals surface area (Å²) in [5, 5.41) is 0.659. The summed E-state index contributed by atoms with van der Waals surface area (Å²) in [6.45, 7) is 0.417. The van der Waals surface area contributed by atoms with E-state index in [2.05, 4.69) is 27.0 Å². The lowest BCUT2D eigenvalue weighted by Gasteiger charge is -2.18. The van der Waals surface area contributed by atoms with E-state index in [0.717, 1.165) is 28.6 Å². The number of fused-ring (bicyclic) bond motifs is 1. The first-order valence-electron chi connectivity index (χ1n) is 7.02. The van der Waals surface area contributed by atoms with E-state index in [4.69, 9.17) is 22.1 Å². The molecule has 2 aromatic rings. The molecule has 0 unspecified atom stereocenters. The number of aromatic nitrogens is 1. The number of halogens is 2. The molecule has 0 aliphatic heterocycles. The second kappa shape index (κ2) is 6.34. The number of hydrogen-bond donors (Lipinski definition) is 1. The van der Waals surface area contributed by atoms with Gasteiger partial charge in [0.15, 0.2) is 0 Å². The fourth-order valence-corrected chi connectivity index (χ4v) is 3.32. The Balaban J connectivity index is 1.97. The van der Waals surface area contributed by atoms with Crippen molar-refractivity contribution >= 4 is 27.5 Å². The van der Waals surface area contributed by atoms with E-state index in [-0.39, 0.29) is 0 Å². The summed E-state index contributed by atoms with van der Waals surface area (Å²) in [4.78, 5) is 4.69. The second-order valence-electron chi connectivity index (χ2n) is 5.15. The summed E-state index contributed by atoms with van der Waals surface area (Å²) in [7, 11) is 0. The Morgan fingerprint density at radius 2 is 2.05 bits per heavy atom. The number of nitrogens with two attached hydrogens (primary N) is 1. The molecule has 2 N–H and O–H groups in total. The van der Waals surface area contributed by atoms with Gasteiger partial charge in [0.05, 0.1) is 4.47 Å². The lowest BCUT2D eigenvalue weighted by molar-refractivity contribution is 0.448. The van der Waals surface area contributed by atoms with Gasteiger partial charge in [0.1, 0.15) is 5.75 Å². The number of rotatable bonds is 3. The van der Waals surface area contributed by atoms with Crippen LogP contribution in [0.5, 0.6) is 11.6 Å². The number of nitrogens with zero attached hydrogens (tertiary/aromatic N) is 1. The van der Waals surface area contributed by atoms with Crippen LogP contribution in [0.4, 0.5) is 0 Å². The van der Waals surface area contributed by atoms with E-state index in [1.807, 2.05) is 6.07 Å². The normalized spacial score (nSPS) is 13.9. The third kappa shape index (κ3) is 3.23. The van der Waals surface area contributed by atoms with Gasteiger partial charge < -0.3 is 10.5 Å². The lowest BCUT2D eigenvalue weighted by Crippen LogP contribution is -2.10. The molecule has 3 rings (SSSR count). The molecule has 0 amide bonds. The molecule has 0 spiro atoms. The standard InChI is InChI=1S/C16H16BrClN2O/c17-13-8-12(18)5-6-15(13)21-16-11(9-19)7-10-3-1-2-4-14(10)20-16/h5-8H,1-4,9,19H2. The molecular weight excluding hydrogens is 352 g/mol. The maximum Gasteiger partial charge on any atom is 0.224 e. The minimum Gasteiger partial charge on any atom is -0.437 e. The van der Waals surface area contributed by atoms with Gasteiger partial charge in [0, 0.05) is 22.8 Å². The number of aryl methyl sites for hydroxylation is 2. The summed E-state index contributed by atoms with van der Waals surface area (Å²) >= 11 is 9.41. The number of benzene rings is 1. The van der Waals surface area contributed by atoms with Crippen molar-refractivity contribution in [1.82, 2.24) is 4.98 Å². The molecule has 0 bridgehead atoms. The Bertz CT molecular complexity index is 676. The average molecular weight is 368 g/mol. The summed E-state index contributed by atoms with van der Waals surface area (Å²) in [5.41, 5.74) is 9.24. The zero-order valence-electron chi connectivity index (χ0n) is 11.5. The van der Waals surface area contributed by atoms with Crippen molar-refractivity contribution in [3.05, 3.63) is 50.6 Å². The summed E-state index contributed by atoms with van der Waals surface area (Å²) < 4.78 is 6.76. The van der Waals surface area contributed by atoms with Gasteiger partial charge in [-0.2, -0.15) is 0 Å². The highest BCUT2D eigenvalue weighted by Crippen LogP contribution is 2.34. The van der Waals surface area contributed by atoms with Crippen LogP contribution >= 0.6 is 27.5 Å². The van der Waals surface area contributed by atoms with E-state index in [1.165, 1.54) is 18.4 Å². The molecule has 110 valence electrons. The van der Waals surface area contributed by atoms with E-state index in [0.29, 0.717) is 23.2 Å².